The van der Waals surface area contributed by atoms with E-state index in [4.69, 9.17) is 0 Å². The van der Waals surface area contributed by atoms with Gasteiger partial charge in [-0.2, -0.15) is 0 Å². The van der Waals surface area contributed by atoms with Gasteiger partial charge < -0.3 is 43.6 Å². The molecule has 0 bridgehead atoms. The van der Waals surface area contributed by atoms with E-state index in [0.717, 1.165) is 123 Å². The number of benzene rings is 4. The van der Waals surface area contributed by atoms with E-state index in [-0.39, 0.29) is 48.3 Å². The van der Waals surface area contributed by atoms with Crippen LogP contribution in [-0.4, -0.2) is 96.0 Å². The minimum absolute atomic E-state index is 0. The van der Waals surface area contributed by atoms with E-state index in [1.54, 1.807) is 24.3 Å². The molecule has 4 aromatic carbocycles. The molecule has 2 heterocycles. The highest BCUT2D eigenvalue weighted by atomic mass is 35.5. The predicted molar refractivity (Wildman–Crippen MR) is 212 cm³/mol. The first kappa shape index (κ1) is 44.9. The number of rotatable bonds is 17. The average Bonchev–Trinajstić information content (AvgIpc) is 3.21. The summed E-state index contributed by atoms with van der Waals surface area (Å²) in [5.41, 5.74) is 3.81. The third-order valence-corrected chi connectivity index (χ3v) is 11.9. The summed E-state index contributed by atoms with van der Waals surface area (Å²) in [7, 11) is 0. The summed E-state index contributed by atoms with van der Waals surface area (Å²) in [5, 5.41) is 0. The summed E-state index contributed by atoms with van der Waals surface area (Å²) in [6, 6.07) is 33.0. The van der Waals surface area contributed by atoms with E-state index in [1.807, 2.05) is 94.7 Å². The van der Waals surface area contributed by atoms with Crippen LogP contribution in [0.4, 0.5) is 8.78 Å². The Kier molecular flexibility index (Phi) is 17.8. The second kappa shape index (κ2) is 22.2. The molecule has 0 saturated carbocycles. The van der Waals surface area contributed by atoms with Crippen LogP contribution < -0.4 is 24.8 Å². The summed E-state index contributed by atoms with van der Waals surface area (Å²) in [5.74, 6) is -0.190. The van der Waals surface area contributed by atoms with Gasteiger partial charge in [-0.15, -0.1) is 0 Å². The van der Waals surface area contributed by atoms with E-state index in [0.29, 0.717) is 0 Å². The molecule has 2 amide bonds. The number of hydrogen-bond acceptors (Lipinski definition) is 2. The molecule has 10 heteroatoms. The molecule has 0 spiro atoms. The molecular formula is C46H58Cl2F2N4O2. The van der Waals surface area contributed by atoms with Crippen LogP contribution in [0.15, 0.2) is 109 Å². The summed E-state index contributed by atoms with van der Waals surface area (Å²) in [4.78, 5) is 30.3. The molecule has 0 aromatic heterocycles. The van der Waals surface area contributed by atoms with Crippen LogP contribution in [0.2, 0.25) is 0 Å². The molecule has 0 unspecified atom stereocenters. The van der Waals surface area contributed by atoms with E-state index >= 15 is 0 Å². The minimum Gasteiger partial charge on any atom is -1.00 e. The number of piperazine rings is 2. The molecule has 2 saturated heterocycles. The molecule has 2 aliphatic heterocycles. The number of nitrogens with zero attached hydrogens (tertiary/aromatic N) is 4. The molecule has 6 rings (SSSR count). The first-order valence-corrected chi connectivity index (χ1v) is 20.2. The maximum absolute atomic E-state index is 13.7. The highest BCUT2D eigenvalue weighted by Crippen LogP contribution is 2.24. The molecule has 2 fully saturated rings. The van der Waals surface area contributed by atoms with Crippen molar-refractivity contribution < 1.29 is 52.2 Å². The average molecular weight is 808 g/mol. The van der Waals surface area contributed by atoms with Crippen LogP contribution in [0.3, 0.4) is 0 Å². The maximum atomic E-state index is 13.7. The van der Waals surface area contributed by atoms with Gasteiger partial charge in [0.15, 0.2) is 0 Å². The third kappa shape index (κ3) is 12.9. The normalized spacial score (nSPS) is 16.0. The number of amides is 2. The maximum Gasteiger partial charge on any atom is 0.254 e. The van der Waals surface area contributed by atoms with Crippen LogP contribution >= 0.6 is 0 Å². The zero-order valence-electron chi connectivity index (χ0n) is 32.7. The quantitative estimate of drug-likeness (QED) is 0.122. The number of carbonyl (C=O) groups is 2. The number of unbranched alkanes of at least 4 members (excludes halogenated alkanes) is 7. The number of carbonyl (C=O) groups excluding carboxylic acids is 2. The molecular weight excluding hydrogens is 749 g/mol. The Morgan fingerprint density at radius 1 is 0.446 bits per heavy atom. The monoisotopic (exact) mass is 806 g/mol. The van der Waals surface area contributed by atoms with Crippen molar-refractivity contribution in [2.75, 3.05) is 65.4 Å². The second-order valence-electron chi connectivity index (χ2n) is 15.7. The predicted octanol–water partition coefficient (Wildman–Crippen LogP) is 2.74. The Bertz CT molecular complexity index is 1620. The van der Waals surface area contributed by atoms with E-state index in [2.05, 4.69) is 0 Å². The Balaban J connectivity index is 0.00000348. The summed E-state index contributed by atoms with van der Waals surface area (Å²) >= 11 is 0. The number of halogens is 4. The first-order valence-electron chi connectivity index (χ1n) is 20.2. The van der Waals surface area contributed by atoms with Crippen LogP contribution in [0.25, 0.3) is 0 Å². The lowest BCUT2D eigenvalue weighted by atomic mass is 10.0. The lowest BCUT2D eigenvalue weighted by Crippen LogP contribution is -3.00. The first-order chi connectivity index (χ1) is 26.3. The van der Waals surface area contributed by atoms with E-state index in [1.165, 1.54) is 38.5 Å². The molecule has 4 aromatic rings. The second-order valence-corrected chi connectivity index (χ2v) is 15.7. The van der Waals surface area contributed by atoms with Gasteiger partial charge >= 0.3 is 0 Å². The van der Waals surface area contributed by atoms with Crippen LogP contribution in [0, 0.1) is 11.6 Å². The number of quaternary nitrogens is 2. The van der Waals surface area contributed by atoms with Gasteiger partial charge in [-0.05, 0) is 74.2 Å². The molecule has 2 aliphatic rings. The molecule has 302 valence electrons. The lowest BCUT2D eigenvalue weighted by Gasteiger charge is -2.45. The summed E-state index contributed by atoms with van der Waals surface area (Å²) in [6.07, 6.45) is 9.64. The smallest absolute Gasteiger partial charge is 0.254 e. The van der Waals surface area contributed by atoms with Crippen LogP contribution in [0.5, 0.6) is 0 Å². The fourth-order valence-electron chi connectivity index (χ4n) is 8.54. The molecule has 0 N–H and O–H groups in total. The molecule has 0 aliphatic carbocycles. The van der Waals surface area contributed by atoms with Gasteiger partial charge in [0.05, 0.1) is 65.4 Å². The fourth-order valence-corrected chi connectivity index (χ4v) is 8.54. The van der Waals surface area contributed by atoms with Gasteiger partial charge in [0.1, 0.15) is 24.7 Å². The standard InChI is InChI=1S/C46H58F2N4O2.2ClH/c47-43-23-19-39(20-24-43)37-51(33-27-49(28-34-51)45(53)41-15-9-7-10-16-41)31-13-5-3-1-2-4-6-14-32-52(38-40-21-25-44(48)26-22-40)35-29-50(30-36-52)46(54)42-17-11-8-12-18-42;;/h7-12,15-26H,1-6,13-14,27-38H2;2*1H/q+2;;/p-2. The van der Waals surface area contributed by atoms with Crippen molar-refractivity contribution in [1.82, 2.24) is 9.80 Å². The molecule has 56 heavy (non-hydrogen) atoms. The summed E-state index contributed by atoms with van der Waals surface area (Å²) < 4.78 is 29.3. The van der Waals surface area contributed by atoms with Crippen molar-refractivity contribution in [2.24, 2.45) is 0 Å². The Labute approximate surface area is 345 Å². The van der Waals surface area contributed by atoms with Crippen molar-refractivity contribution in [3.05, 3.63) is 143 Å². The van der Waals surface area contributed by atoms with Crippen molar-refractivity contribution in [3.63, 3.8) is 0 Å². The van der Waals surface area contributed by atoms with Crippen molar-refractivity contribution in [3.8, 4) is 0 Å². The summed E-state index contributed by atoms with van der Waals surface area (Å²) in [6.45, 7) is 10.5. The SMILES string of the molecule is O=C(c1ccccc1)N1CC[N+](CCCCCCCCCC[N+]2(Cc3ccc(F)cc3)CCN(C(=O)c3ccccc3)CC2)(Cc2ccc(F)cc2)CC1.[Cl-].[Cl-]. The minimum atomic E-state index is -0.204. The van der Waals surface area contributed by atoms with Gasteiger partial charge in [0.25, 0.3) is 11.8 Å². The van der Waals surface area contributed by atoms with Crippen LogP contribution in [0.1, 0.15) is 83.2 Å². The van der Waals surface area contributed by atoms with Crippen molar-refractivity contribution >= 4 is 11.8 Å². The van der Waals surface area contributed by atoms with Crippen molar-refractivity contribution in [1.29, 1.82) is 0 Å². The lowest BCUT2D eigenvalue weighted by molar-refractivity contribution is -0.944. The van der Waals surface area contributed by atoms with Crippen LogP contribution in [-0.2, 0) is 13.1 Å². The van der Waals surface area contributed by atoms with E-state index < -0.39 is 0 Å². The third-order valence-electron chi connectivity index (χ3n) is 11.9. The molecule has 6 nitrogen and oxygen atoms in total. The Morgan fingerprint density at radius 2 is 0.750 bits per heavy atom. The van der Waals surface area contributed by atoms with Crippen molar-refractivity contribution in [2.45, 2.75) is 64.5 Å². The molecule has 0 atom stereocenters. The molecule has 0 radical (unpaired) electrons. The fraction of sp³-hybridized carbons (Fsp3) is 0.435. The zero-order chi connectivity index (χ0) is 37.6. The number of hydrogen-bond donors (Lipinski definition) is 0. The topological polar surface area (TPSA) is 40.6 Å². The largest absolute Gasteiger partial charge is 1.00 e. The highest BCUT2D eigenvalue weighted by molar-refractivity contribution is 5.94. The van der Waals surface area contributed by atoms with Gasteiger partial charge in [-0.25, -0.2) is 8.78 Å². The van der Waals surface area contributed by atoms with Gasteiger partial charge in [-0.3, -0.25) is 9.59 Å². The zero-order valence-corrected chi connectivity index (χ0v) is 34.2. The van der Waals surface area contributed by atoms with Gasteiger partial charge in [-0.1, -0.05) is 86.3 Å². The highest BCUT2D eigenvalue weighted by Gasteiger charge is 2.36. The van der Waals surface area contributed by atoms with Gasteiger partial charge in [0.2, 0.25) is 0 Å². The Hall–Kier alpha value is -3.82. The van der Waals surface area contributed by atoms with Gasteiger partial charge in [0, 0.05) is 22.3 Å². The van der Waals surface area contributed by atoms with E-state index in [9.17, 15) is 18.4 Å². The Morgan fingerprint density at radius 3 is 1.07 bits per heavy atom.